The number of hydrogen-bond donors (Lipinski definition) is 1. The van der Waals surface area contributed by atoms with Crippen LogP contribution in [0.5, 0.6) is 0 Å². The number of benzene rings is 2. The molecule has 2 aromatic carbocycles. The van der Waals surface area contributed by atoms with Crippen molar-refractivity contribution in [1.82, 2.24) is 4.98 Å². The summed E-state index contributed by atoms with van der Waals surface area (Å²) in [6.07, 6.45) is 1.78. The molecular formula is C17H13N3. The van der Waals surface area contributed by atoms with Crippen LogP contribution in [0.4, 0.5) is 11.4 Å². The van der Waals surface area contributed by atoms with E-state index in [0.717, 1.165) is 27.8 Å². The lowest BCUT2D eigenvalue weighted by Crippen LogP contribution is -1.94. The van der Waals surface area contributed by atoms with Gasteiger partial charge in [-0.2, -0.15) is 5.26 Å². The summed E-state index contributed by atoms with van der Waals surface area (Å²) in [7, 11) is 0. The number of aromatic nitrogens is 1. The molecule has 0 aliphatic heterocycles. The third-order valence-corrected chi connectivity index (χ3v) is 3.18. The van der Waals surface area contributed by atoms with Crippen LogP contribution in [0.25, 0.3) is 10.9 Å². The van der Waals surface area contributed by atoms with Gasteiger partial charge in [0.25, 0.3) is 0 Å². The number of nitriles is 1. The fourth-order valence-corrected chi connectivity index (χ4v) is 2.17. The van der Waals surface area contributed by atoms with Crippen molar-refractivity contribution in [3.8, 4) is 6.07 Å². The van der Waals surface area contributed by atoms with Gasteiger partial charge in [0, 0.05) is 17.3 Å². The van der Waals surface area contributed by atoms with Crippen molar-refractivity contribution in [2.45, 2.75) is 6.92 Å². The van der Waals surface area contributed by atoms with Gasteiger partial charge in [-0.25, -0.2) is 0 Å². The quantitative estimate of drug-likeness (QED) is 0.751. The van der Waals surface area contributed by atoms with Crippen LogP contribution in [0.1, 0.15) is 11.1 Å². The molecule has 0 atom stereocenters. The molecule has 1 N–H and O–H groups in total. The molecule has 3 nitrogen and oxygen atoms in total. The van der Waals surface area contributed by atoms with Crippen molar-refractivity contribution in [1.29, 1.82) is 5.26 Å². The molecule has 20 heavy (non-hydrogen) atoms. The minimum absolute atomic E-state index is 0.649. The average Bonchev–Trinajstić information content (AvgIpc) is 2.49. The molecule has 0 aliphatic carbocycles. The lowest BCUT2D eigenvalue weighted by molar-refractivity contribution is 1.40. The number of anilines is 2. The minimum atomic E-state index is 0.649. The van der Waals surface area contributed by atoms with Gasteiger partial charge in [0.1, 0.15) is 6.07 Å². The topological polar surface area (TPSA) is 48.7 Å². The van der Waals surface area contributed by atoms with Crippen LogP contribution < -0.4 is 5.32 Å². The fourth-order valence-electron chi connectivity index (χ4n) is 2.17. The van der Waals surface area contributed by atoms with Crippen LogP contribution in [0.3, 0.4) is 0 Å². The van der Waals surface area contributed by atoms with Crippen LogP contribution in [-0.2, 0) is 0 Å². The van der Waals surface area contributed by atoms with Crippen molar-refractivity contribution in [2.24, 2.45) is 0 Å². The highest BCUT2D eigenvalue weighted by Gasteiger charge is 2.03. The summed E-state index contributed by atoms with van der Waals surface area (Å²) in [5.41, 5.74) is 4.46. The highest BCUT2D eigenvalue weighted by Crippen LogP contribution is 2.24. The Hall–Kier alpha value is -2.86. The molecule has 0 saturated heterocycles. The highest BCUT2D eigenvalue weighted by atomic mass is 14.9. The Balaban J connectivity index is 1.99. The molecule has 3 heteroatoms. The first-order valence-electron chi connectivity index (χ1n) is 6.39. The number of hydrogen-bond acceptors (Lipinski definition) is 3. The van der Waals surface area contributed by atoms with Crippen molar-refractivity contribution in [3.05, 3.63) is 65.9 Å². The lowest BCUT2D eigenvalue weighted by atomic mass is 10.1. The number of nitrogens with one attached hydrogen (secondary N) is 1. The zero-order chi connectivity index (χ0) is 13.9. The third-order valence-electron chi connectivity index (χ3n) is 3.18. The van der Waals surface area contributed by atoms with Crippen LogP contribution in [0.2, 0.25) is 0 Å². The molecule has 0 amide bonds. The predicted octanol–water partition coefficient (Wildman–Crippen LogP) is 4.16. The van der Waals surface area contributed by atoms with E-state index in [-0.39, 0.29) is 0 Å². The van der Waals surface area contributed by atoms with E-state index in [4.69, 9.17) is 0 Å². The van der Waals surface area contributed by atoms with E-state index in [1.165, 1.54) is 0 Å². The number of pyridine rings is 1. The number of rotatable bonds is 2. The van der Waals surface area contributed by atoms with Gasteiger partial charge in [0.2, 0.25) is 0 Å². The summed E-state index contributed by atoms with van der Waals surface area (Å²) < 4.78 is 0. The molecule has 1 aromatic heterocycles. The predicted molar refractivity (Wildman–Crippen MR) is 80.9 cm³/mol. The van der Waals surface area contributed by atoms with Gasteiger partial charge in [0.15, 0.2) is 0 Å². The Morgan fingerprint density at radius 2 is 2.00 bits per heavy atom. The third kappa shape index (κ3) is 2.32. The van der Waals surface area contributed by atoms with E-state index in [0.29, 0.717) is 5.56 Å². The first-order valence-corrected chi connectivity index (χ1v) is 6.39. The van der Waals surface area contributed by atoms with E-state index < -0.39 is 0 Å². The van der Waals surface area contributed by atoms with Crippen LogP contribution in [0, 0.1) is 18.3 Å². The van der Waals surface area contributed by atoms with Gasteiger partial charge in [0.05, 0.1) is 16.8 Å². The first kappa shape index (κ1) is 12.2. The van der Waals surface area contributed by atoms with Crippen LogP contribution >= 0.6 is 0 Å². The maximum atomic E-state index is 9.19. The smallest absolute Gasteiger partial charge is 0.101 e. The van der Waals surface area contributed by atoms with Gasteiger partial charge in [-0.1, -0.05) is 12.1 Å². The first-order chi connectivity index (χ1) is 9.76. The molecule has 1 heterocycles. The highest BCUT2D eigenvalue weighted by molar-refractivity contribution is 5.83. The second-order valence-corrected chi connectivity index (χ2v) is 4.70. The molecular weight excluding hydrogens is 246 g/mol. The molecule has 0 fully saturated rings. The lowest BCUT2D eigenvalue weighted by Gasteiger charge is -2.09. The van der Waals surface area contributed by atoms with Crippen molar-refractivity contribution in [3.63, 3.8) is 0 Å². The molecule has 0 saturated carbocycles. The van der Waals surface area contributed by atoms with Gasteiger partial charge < -0.3 is 5.32 Å². The maximum Gasteiger partial charge on any atom is 0.101 e. The molecule has 96 valence electrons. The Morgan fingerprint density at radius 1 is 1.10 bits per heavy atom. The summed E-state index contributed by atoms with van der Waals surface area (Å²) >= 11 is 0. The second kappa shape index (κ2) is 5.02. The average molecular weight is 259 g/mol. The van der Waals surface area contributed by atoms with Crippen molar-refractivity contribution >= 4 is 22.3 Å². The van der Waals surface area contributed by atoms with E-state index in [2.05, 4.69) is 16.4 Å². The molecule has 0 aliphatic rings. The molecule has 0 unspecified atom stereocenters. The zero-order valence-electron chi connectivity index (χ0n) is 11.1. The monoisotopic (exact) mass is 259 g/mol. The van der Waals surface area contributed by atoms with E-state index in [1.807, 2.05) is 55.5 Å². The summed E-state index contributed by atoms with van der Waals surface area (Å²) in [5.74, 6) is 0. The van der Waals surface area contributed by atoms with Gasteiger partial charge in [-0.05, 0) is 48.9 Å². The van der Waals surface area contributed by atoms with E-state index >= 15 is 0 Å². The van der Waals surface area contributed by atoms with Gasteiger partial charge in [-0.15, -0.1) is 0 Å². The standard InChI is InChI=1S/C17H13N3/c1-12-4-6-17(14(9-12)11-18)20-15-5-7-16-13(10-15)3-2-8-19-16/h2-10,20H,1H3. The van der Waals surface area contributed by atoms with Crippen LogP contribution in [0.15, 0.2) is 54.7 Å². The van der Waals surface area contributed by atoms with Gasteiger partial charge >= 0.3 is 0 Å². The Labute approximate surface area is 117 Å². The Morgan fingerprint density at radius 3 is 2.85 bits per heavy atom. The summed E-state index contributed by atoms with van der Waals surface area (Å²) in [5, 5.41) is 13.6. The van der Waals surface area contributed by atoms with Crippen molar-refractivity contribution < 1.29 is 0 Å². The molecule has 0 spiro atoms. The van der Waals surface area contributed by atoms with Gasteiger partial charge in [-0.3, -0.25) is 4.98 Å². The largest absolute Gasteiger partial charge is 0.354 e. The van der Waals surface area contributed by atoms with E-state index in [1.54, 1.807) is 6.20 Å². The maximum absolute atomic E-state index is 9.19. The fraction of sp³-hybridized carbons (Fsp3) is 0.0588. The number of fused-ring (bicyclic) bond motifs is 1. The molecule has 0 bridgehead atoms. The summed E-state index contributed by atoms with van der Waals surface area (Å²) in [6.45, 7) is 1.98. The normalized spacial score (nSPS) is 10.2. The second-order valence-electron chi connectivity index (χ2n) is 4.70. The Kier molecular flexibility index (Phi) is 3.06. The molecule has 0 radical (unpaired) electrons. The zero-order valence-corrected chi connectivity index (χ0v) is 11.1. The van der Waals surface area contributed by atoms with Crippen LogP contribution in [-0.4, -0.2) is 4.98 Å². The summed E-state index contributed by atoms with van der Waals surface area (Å²) in [4.78, 5) is 4.29. The number of nitrogens with zero attached hydrogens (tertiary/aromatic N) is 2. The summed E-state index contributed by atoms with van der Waals surface area (Å²) in [6, 6.07) is 17.9. The number of aryl methyl sites for hydroxylation is 1. The van der Waals surface area contributed by atoms with E-state index in [9.17, 15) is 5.26 Å². The van der Waals surface area contributed by atoms with Crippen molar-refractivity contribution in [2.75, 3.05) is 5.32 Å². The molecule has 3 rings (SSSR count). The minimum Gasteiger partial charge on any atom is -0.354 e. The Bertz CT molecular complexity index is 816. The molecule has 3 aromatic rings. The SMILES string of the molecule is Cc1ccc(Nc2ccc3ncccc3c2)c(C#N)c1.